The lowest BCUT2D eigenvalue weighted by molar-refractivity contribution is 0.431. The van der Waals surface area contributed by atoms with Crippen molar-refractivity contribution in [2.75, 3.05) is 0 Å². The summed E-state index contributed by atoms with van der Waals surface area (Å²) in [7, 11) is 0. The average molecular weight is 230 g/mol. The number of nitrogens with zero attached hydrogens (tertiary/aromatic N) is 1. The number of hydrogen-bond acceptors (Lipinski definition) is 3. The summed E-state index contributed by atoms with van der Waals surface area (Å²) in [6.07, 6.45) is 1.67. The van der Waals surface area contributed by atoms with Gasteiger partial charge in [-0.25, -0.2) is 0 Å². The minimum absolute atomic E-state index is 0.163. The van der Waals surface area contributed by atoms with E-state index in [2.05, 4.69) is 50.2 Å². The molecule has 3 heteroatoms. The van der Waals surface area contributed by atoms with Gasteiger partial charge in [0.2, 0.25) is 0 Å². The van der Waals surface area contributed by atoms with Crippen LogP contribution in [0.25, 0.3) is 11.3 Å². The highest BCUT2D eigenvalue weighted by atomic mass is 16.5. The first-order valence-electron chi connectivity index (χ1n) is 5.77. The lowest BCUT2D eigenvalue weighted by Gasteiger charge is -2.18. The van der Waals surface area contributed by atoms with Crippen LogP contribution in [0.4, 0.5) is 0 Å². The van der Waals surface area contributed by atoms with Gasteiger partial charge in [-0.2, -0.15) is 0 Å². The zero-order chi connectivity index (χ0) is 12.5. The van der Waals surface area contributed by atoms with Crippen molar-refractivity contribution in [1.82, 2.24) is 5.16 Å². The van der Waals surface area contributed by atoms with Crippen molar-refractivity contribution >= 4 is 0 Å². The summed E-state index contributed by atoms with van der Waals surface area (Å²) in [6, 6.07) is 8.36. The highest BCUT2D eigenvalue weighted by molar-refractivity contribution is 5.61. The molecule has 0 saturated heterocycles. The number of rotatable bonds is 2. The second kappa shape index (κ2) is 4.34. The Kier molecular flexibility index (Phi) is 3.03. The average Bonchev–Trinajstić information content (AvgIpc) is 2.76. The van der Waals surface area contributed by atoms with Gasteiger partial charge in [0.05, 0.1) is 6.20 Å². The normalized spacial score (nSPS) is 11.8. The molecule has 0 aliphatic carbocycles. The Morgan fingerprint density at radius 3 is 2.35 bits per heavy atom. The molecule has 2 N–H and O–H groups in total. The molecule has 17 heavy (non-hydrogen) atoms. The van der Waals surface area contributed by atoms with Crippen LogP contribution in [0.2, 0.25) is 0 Å². The minimum Gasteiger partial charge on any atom is -0.356 e. The van der Waals surface area contributed by atoms with Gasteiger partial charge in [-0.3, -0.25) is 0 Å². The maximum atomic E-state index is 5.63. The maximum Gasteiger partial charge on any atom is 0.171 e. The summed E-state index contributed by atoms with van der Waals surface area (Å²) in [5.41, 5.74) is 9.06. The molecule has 90 valence electrons. The van der Waals surface area contributed by atoms with Crippen molar-refractivity contribution in [3.63, 3.8) is 0 Å². The van der Waals surface area contributed by atoms with Crippen molar-refractivity contribution in [3.8, 4) is 11.3 Å². The second-order valence-electron chi connectivity index (χ2n) is 5.21. The molecule has 0 bridgehead atoms. The van der Waals surface area contributed by atoms with E-state index in [1.165, 1.54) is 5.56 Å². The van der Waals surface area contributed by atoms with Gasteiger partial charge < -0.3 is 10.3 Å². The molecule has 2 aromatic rings. The number of aromatic nitrogens is 1. The van der Waals surface area contributed by atoms with Crippen LogP contribution in [-0.2, 0) is 12.0 Å². The highest BCUT2D eigenvalue weighted by Gasteiger charge is 2.14. The van der Waals surface area contributed by atoms with E-state index in [1.807, 2.05) is 0 Å². The van der Waals surface area contributed by atoms with Crippen LogP contribution in [0.15, 0.2) is 35.0 Å². The first-order valence-corrected chi connectivity index (χ1v) is 5.77. The Labute approximate surface area is 102 Å². The van der Waals surface area contributed by atoms with E-state index >= 15 is 0 Å². The van der Waals surface area contributed by atoms with Crippen LogP contribution >= 0.6 is 0 Å². The Hall–Kier alpha value is -1.61. The first kappa shape index (κ1) is 11.9. The molecule has 0 unspecified atom stereocenters. The molecule has 0 aliphatic heterocycles. The molecule has 0 amide bonds. The van der Waals surface area contributed by atoms with Gasteiger partial charge in [0, 0.05) is 17.7 Å². The summed E-state index contributed by atoms with van der Waals surface area (Å²) in [5.74, 6) is 0.771. The van der Waals surface area contributed by atoms with Gasteiger partial charge in [0.1, 0.15) is 0 Å². The van der Waals surface area contributed by atoms with Crippen LogP contribution in [0.1, 0.15) is 31.9 Å². The molecule has 0 atom stereocenters. The third-order valence-electron chi connectivity index (χ3n) is 2.88. The Morgan fingerprint density at radius 1 is 1.18 bits per heavy atom. The van der Waals surface area contributed by atoms with Crippen molar-refractivity contribution in [3.05, 3.63) is 41.6 Å². The fraction of sp³-hybridized carbons (Fsp3) is 0.357. The largest absolute Gasteiger partial charge is 0.356 e. The van der Waals surface area contributed by atoms with E-state index in [0.29, 0.717) is 6.54 Å². The fourth-order valence-electron chi connectivity index (χ4n) is 1.77. The van der Waals surface area contributed by atoms with Gasteiger partial charge in [0.15, 0.2) is 5.76 Å². The summed E-state index contributed by atoms with van der Waals surface area (Å²) in [5, 5.41) is 3.79. The quantitative estimate of drug-likeness (QED) is 0.862. The minimum atomic E-state index is 0.163. The molecule has 0 saturated carbocycles. The van der Waals surface area contributed by atoms with Crippen molar-refractivity contribution in [1.29, 1.82) is 0 Å². The Morgan fingerprint density at radius 2 is 1.82 bits per heavy atom. The van der Waals surface area contributed by atoms with Gasteiger partial charge in [-0.05, 0) is 11.0 Å². The molecule has 1 heterocycles. The van der Waals surface area contributed by atoms with Crippen LogP contribution in [0, 0.1) is 0 Å². The number of benzene rings is 1. The molecular formula is C14H18N2O. The van der Waals surface area contributed by atoms with Crippen molar-refractivity contribution < 1.29 is 4.52 Å². The van der Waals surface area contributed by atoms with E-state index in [-0.39, 0.29) is 5.41 Å². The summed E-state index contributed by atoms with van der Waals surface area (Å²) >= 11 is 0. The zero-order valence-corrected chi connectivity index (χ0v) is 10.5. The van der Waals surface area contributed by atoms with E-state index in [9.17, 15) is 0 Å². The van der Waals surface area contributed by atoms with Gasteiger partial charge in [0.25, 0.3) is 0 Å². The predicted octanol–water partition coefficient (Wildman–Crippen LogP) is 3.10. The first-order chi connectivity index (χ1) is 8.02. The van der Waals surface area contributed by atoms with Crippen LogP contribution < -0.4 is 5.73 Å². The summed E-state index contributed by atoms with van der Waals surface area (Å²) < 4.78 is 5.24. The third-order valence-corrected chi connectivity index (χ3v) is 2.88. The number of nitrogens with two attached hydrogens (primary N) is 1. The van der Waals surface area contributed by atoms with E-state index in [4.69, 9.17) is 10.3 Å². The third kappa shape index (κ3) is 2.39. The molecular weight excluding hydrogens is 212 g/mol. The molecule has 0 fully saturated rings. The Bertz CT molecular complexity index is 492. The van der Waals surface area contributed by atoms with E-state index < -0.39 is 0 Å². The van der Waals surface area contributed by atoms with E-state index in [1.54, 1.807) is 6.20 Å². The summed E-state index contributed by atoms with van der Waals surface area (Å²) in [4.78, 5) is 0. The summed E-state index contributed by atoms with van der Waals surface area (Å²) in [6.45, 7) is 7.03. The highest BCUT2D eigenvalue weighted by Crippen LogP contribution is 2.27. The van der Waals surface area contributed by atoms with Crippen LogP contribution in [0.3, 0.4) is 0 Å². The van der Waals surface area contributed by atoms with Crippen LogP contribution in [0.5, 0.6) is 0 Å². The molecule has 0 radical (unpaired) electrons. The van der Waals surface area contributed by atoms with Crippen molar-refractivity contribution in [2.45, 2.75) is 32.7 Å². The zero-order valence-electron chi connectivity index (χ0n) is 10.5. The molecule has 0 aliphatic rings. The topological polar surface area (TPSA) is 52.0 Å². The Balaban J connectivity index is 2.36. The van der Waals surface area contributed by atoms with Crippen molar-refractivity contribution in [2.24, 2.45) is 5.73 Å². The molecule has 1 aromatic carbocycles. The maximum absolute atomic E-state index is 5.63. The molecule has 3 nitrogen and oxygen atoms in total. The lowest BCUT2D eigenvalue weighted by Crippen LogP contribution is -2.10. The molecule has 0 spiro atoms. The van der Waals surface area contributed by atoms with Gasteiger partial charge >= 0.3 is 0 Å². The van der Waals surface area contributed by atoms with Gasteiger partial charge in [-0.15, -0.1) is 0 Å². The fourth-order valence-corrected chi connectivity index (χ4v) is 1.77. The molecule has 1 aromatic heterocycles. The predicted molar refractivity (Wildman–Crippen MR) is 68.5 cm³/mol. The standard InChI is InChI=1S/C14H18N2O/c1-14(2,3)12-6-4-10(5-7-12)13-11(8-15)9-16-17-13/h4-7,9H,8,15H2,1-3H3. The van der Waals surface area contributed by atoms with Gasteiger partial charge in [-0.1, -0.05) is 50.2 Å². The second-order valence-corrected chi connectivity index (χ2v) is 5.21. The SMILES string of the molecule is CC(C)(C)c1ccc(-c2oncc2CN)cc1. The smallest absolute Gasteiger partial charge is 0.171 e. The number of hydrogen-bond donors (Lipinski definition) is 1. The lowest BCUT2D eigenvalue weighted by atomic mass is 9.86. The monoisotopic (exact) mass is 230 g/mol. The van der Waals surface area contributed by atoms with E-state index in [0.717, 1.165) is 16.9 Å². The molecule has 2 rings (SSSR count). The van der Waals surface area contributed by atoms with Crippen LogP contribution in [-0.4, -0.2) is 5.16 Å².